The molecule has 1 saturated heterocycles. The summed E-state index contributed by atoms with van der Waals surface area (Å²) in [7, 11) is 0. The molecule has 0 unspecified atom stereocenters. The lowest BCUT2D eigenvalue weighted by molar-refractivity contribution is -0.384. The summed E-state index contributed by atoms with van der Waals surface area (Å²) in [5.41, 5.74) is 1.37. The van der Waals surface area contributed by atoms with Gasteiger partial charge in [-0.05, 0) is 23.6 Å². The summed E-state index contributed by atoms with van der Waals surface area (Å²) < 4.78 is 5.33. The number of nitro benzene ring substituents is 1. The summed E-state index contributed by atoms with van der Waals surface area (Å²) in [6.45, 7) is 3.06. The molecule has 3 heterocycles. The molecule has 0 bridgehead atoms. The Kier molecular flexibility index (Phi) is 5.13. The molecule has 9 nitrogen and oxygen atoms in total. The third kappa shape index (κ3) is 3.92. The van der Waals surface area contributed by atoms with Gasteiger partial charge in [-0.1, -0.05) is 5.16 Å². The summed E-state index contributed by atoms with van der Waals surface area (Å²) in [5, 5.41) is 18.7. The molecule has 1 aliphatic rings. The second kappa shape index (κ2) is 7.87. The quantitative estimate of drug-likeness (QED) is 0.480. The number of nitrogens with zero attached hydrogens (tertiary/aromatic N) is 5. The average Bonchev–Trinajstić information content (AvgIpc) is 3.40. The van der Waals surface area contributed by atoms with Crippen molar-refractivity contribution in [3.8, 4) is 11.4 Å². The summed E-state index contributed by atoms with van der Waals surface area (Å²) in [6.07, 6.45) is 0. The fourth-order valence-electron chi connectivity index (χ4n) is 3.04. The molecule has 2 aromatic heterocycles. The lowest BCUT2D eigenvalue weighted by atomic mass is 10.1. The van der Waals surface area contributed by atoms with Gasteiger partial charge in [0, 0.05) is 54.8 Å². The first-order valence-electron chi connectivity index (χ1n) is 8.71. The largest absolute Gasteiger partial charge is 0.338 e. The van der Waals surface area contributed by atoms with Crippen molar-refractivity contribution in [3.05, 3.63) is 62.7 Å². The van der Waals surface area contributed by atoms with Gasteiger partial charge in [-0.15, -0.1) is 0 Å². The Morgan fingerprint density at radius 2 is 1.93 bits per heavy atom. The van der Waals surface area contributed by atoms with Crippen molar-refractivity contribution in [3.63, 3.8) is 0 Å². The lowest BCUT2D eigenvalue weighted by Crippen LogP contribution is -2.48. The van der Waals surface area contributed by atoms with Crippen molar-refractivity contribution in [2.24, 2.45) is 0 Å². The molecule has 28 heavy (non-hydrogen) atoms. The Bertz CT molecular complexity index is 962. The number of benzene rings is 1. The van der Waals surface area contributed by atoms with Gasteiger partial charge in [0.1, 0.15) is 0 Å². The van der Waals surface area contributed by atoms with Crippen LogP contribution in [0.5, 0.6) is 0 Å². The maximum absolute atomic E-state index is 12.6. The first-order chi connectivity index (χ1) is 13.6. The number of nitro groups is 1. The molecule has 0 radical (unpaired) electrons. The van der Waals surface area contributed by atoms with Crippen LogP contribution < -0.4 is 0 Å². The molecule has 3 aromatic rings. The number of amides is 1. The van der Waals surface area contributed by atoms with E-state index in [0.717, 1.165) is 5.56 Å². The lowest BCUT2D eigenvalue weighted by Gasteiger charge is -2.34. The van der Waals surface area contributed by atoms with Crippen LogP contribution in [0.25, 0.3) is 11.4 Å². The molecule has 144 valence electrons. The number of carbonyl (C=O) groups excluding carboxylic acids is 1. The molecule has 0 saturated carbocycles. The van der Waals surface area contributed by atoms with E-state index in [-0.39, 0.29) is 11.6 Å². The molecule has 10 heteroatoms. The van der Waals surface area contributed by atoms with Gasteiger partial charge in [0.15, 0.2) is 0 Å². The van der Waals surface area contributed by atoms with E-state index in [2.05, 4.69) is 15.0 Å². The van der Waals surface area contributed by atoms with E-state index in [1.165, 1.54) is 24.3 Å². The number of thiophene rings is 1. The monoisotopic (exact) mass is 399 g/mol. The Morgan fingerprint density at radius 1 is 1.18 bits per heavy atom. The minimum absolute atomic E-state index is 0.0252. The van der Waals surface area contributed by atoms with Crippen LogP contribution in [0.4, 0.5) is 5.69 Å². The van der Waals surface area contributed by atoms with Gasteiger partial charge in [-0.3, -0.25) is 19.8 Å². The average molecular weight is 399 g/mol. The molecule has 0 spiro atoms. The van der Waals surface area contributed by atoms with Gasteiger partial charge in [0.2, 0.25) is 11.7 Å². The normalized spacial score (nSPS) is 14.9. The summed E-state index contributed by atoms with van der Waals surface area (Å²) in [6, 6.07) is 7.64. The molecule has 0 aliphatic carbocycles. The van der Waals surface area contributed by atoms with E-state index >= 15 is 0 Å². The zero-order valence-corrected chi connectivity index (χ0v) is 15.7. The second-order valence-electron chi connectivity index (χ2n) is 6.40. The predicted octanol–water partition coefficient (Wildman–Crippen LogP) is 2.66. The third-order valence-corrected chi connectivity index (χ3v) is 5.27. The Hall–Kier alpha value is -3.11. The smallest absolute Gasteiger partial charge is 0.269 e. The van der Waals surface area contributed by atoms with Gasteiger partial charge >= 0.3 is 0 Å². The van der Waals surface area contributed by atoms with E-state index in [1.807, 2.05) is 16.8 Å². The van der Waals surface area contributed by atoms with Crippen molar-refractivity contribution < 1.29 is 14.2 Å². The molecule has 1 amide bonds. The fraction of sp³-hybridized carbons (Fsp3) is 0.278. The van der Waals surface area contributed by atoms with Crippen LogP contribution in [0, 0.1) is 10.1 Å². The molecule has 0 N–H and O–H groups in total. The van der Waals surface area contributed by atoms with E-state index in [1.54, 1.807) is 16.2 Å². The first-order valence-corrected chi connectivity index (χ1v) is 9.65. The van der Waals surface area contributed by atoms with Gasteiger partial charge in [-0.2, -0.15) is 16.3 Å². The molecule has 1 aromatic carbocycles. The van der Waals surface area contributed by atoms with Crippen LogP contribution in [-0.4, -0.2) is 56.9 Å². The van der Waals surface area contributed by atoms with Crippen LogP contribution in [0.1, 0.15) is 16.2 Å². The van der Waals surface area contributed by atoms with Gasteiger partial charge in [0.25, 0.3) is 11.6 Å². The van der Waals surface area contributed by atoms with Crippen LogP contribution in [-0.2, 0) is 6.54 Å². The van der Waals surface area contributed by atoms with Crippen molar-refractivity contribution >= 4 is 22.9 Å². The van der Waals surface area contributed by atoms with Crippen molar-refractivity contribution in [2.45, 2.75) is 6.54 Å². The standard InChI is InChI=1S/C18H17N5O4S/c24-18(13-1-3-15(4-2-13)23(25)26)22-8-6-21(7-9-22)11-16-19-17(20-27-16)14-5-10-28-12-14/h1-5,10,12H,6-9,11H2. The maximum Gasteiger partial charge on any atom is 0.269 e. The third-order valence-electron chi connectivity index (χ3n) is 4.59. The van der Waals surface area contributed by atoms with Crippen LogP contribution in [0.3, 0.4) is 0 Å². The number of rotatable bonds is 5. The number of non-ortho nitro benzene ring substituents is 1. The molecule has 1 aliphatic heterocycles. The number of carbonyl (C=O) groups is 1. The Balaban J connectivity index is 1.32. The highest BCUT2D eigenvalue weighted by molar-refractivity contribution is 7.08. The highest BCUT2D eigenvalue weighted by Crippen LogP contribution is 2.20. The molecular formula is C18H17N5O4S. The van der Waals surface area contributed by atoms with Crippen LogP contribution >= 0.6 is 11.3 Å². The van der Waals surface area contributed by atoms with Crippen molar-refractivity contribution in [1.82, 2.24) is 19.9 Å². The summed E-state index contributed by atoms with van der Waals surface area (Å²) >= 11 is 1.58. The van der Waals surface area contributed by atoms with E-state index in [0.29, 0.717) is 50.0 Å². The number of aromatic nitrogens is 2. The van der Waals surface area contributed by atoms with Crippen molar-refractivity contribution in [2.75, 3.05) is 26.2 Å². The number of hydrogen-bond acceptors (Lipinski definition) is 8. The summed E-state index contributed by atoms with van der Waals surface area (Å²) in [4.78, 5) is 31.2. The molecular weight excluding hydrogens is 382 g/mol. The van der Waals surface area contributed by atoms with Gasteiger partial charge < -0.3 is 9.42 Å². The van der Waals surface area contributed by atoms with E-state index < -0.39 is 4.92 Å². The van der Waals surface area contributed by atoms with Crippen LogP contribution in [0.15, 0.2) is 45.6 Å². The molecule has 0 atom stereocenters. The zero-order chi connectivity index (χ0) is 19.5. The SMILES string of the molecule is O=C(c1ccc([N+](=O)[O-])cc1)N1CCN(Cc2nc(-c3ccsc3)no2)CC1. The van der Waals surface area contributed by atoms with Crippen molar-refractivity contribution in [1.29, 1.82) is 0 Å². The van der Waals surface area contributed by atoms with Gasteiger partial charge in [0.05, 0.1) is 11.5 Å². The zero-order valence-electron chi connectivity index (χ0n) is 14.9. The Morgan fingerprint density at radius 3 is 2.57 bits per heavy atom. The number of hydrogen-bond donors (Lipinski definition) is 0. The number of piperazine rings is 1. The first kappa shape index (κ1) is 18.3. The topological polar surface area (TPSA) is 106 Å². The van der Waals surface area contributed by atoms with Crippen LogP contribution in [0.2, 0.25) is 0 Å². The minimum atomic E-state index is -0.478. The summed E-state index contributed by atoms with van der Waals surface area (Å²) in [5.74, 6) is 1.02. The highest BCUT2D eigenvalue weighted by atomic mass is 32.1. The predicted molar refractivity (Wildman–Crippen MR) is 102 cm³/mol. The highest BCUT2D eigenvalue weighted by Gasteiger charge is 2.24. The van der Waals surface area contributed by atoms with E-state index in [9.17, 15) is 14.9 Å². The van der Waals surface area contributed by atoms with E-state index in [4.69, 9.17) is 4.52 Å². The molecule has 4 rings (SSSR count). The van der Waals surface area contributed by atoms with Gasteiger partial charge in [-0.25, -0.2) is 0 Å². The molecule has 1 fully saturated rings. The fourth-order valence-corrected chi connectivity index (χ4v) is 3.67. The Labute approximate surface area is 164 Å². The minimum Gasteiger partial charge on any atom is -0.338 e. The maximum atomic E-state index is 12.6. The second-order valence-corrected chi connectivity index (χ2v) is 7.18.